The maximum atomic E-state index is 8.98. The second-order valence-corrected chi connectivity index (χ2v) is 4.98. The van der Waals surface area contributed by atoms with Gasteiger partial charge in [-0.1, -0.05) is 0 Å². The quantitative estimate of drug-likeness (QED) is 0.887. The number of methoxy groups -OCH3 is 2. The van der Waals surface area contributed by atoms with Gasteiger partial charge in [-0.2, -0.15) is 0 Å². The fraction of sp³-hybridized carbons (Fsp3) is 0.600. The number of ether oxygens (including phenoxy) is 2. The highest BCUT2D eigenvalue weighted by atomic mass is 16.5. The lowest BCUT2D eigenvalue weighted by atomic mass is 9.93. The summed E-state index contributed by atoms with van der Waals surface area (Å²) in [7, 11) is 3.31. The van der Waals surface area contributed by atoms with Crippen molar-refractivity contribution in [2.45, 2.75) is 19.3 Å². The minimum atomic E-state index is 0.307. The molecule has 1 saturated heterocycles. The van der Waals surface area contributed by atoms with Gasteiger partial charge in [0.15, 0.2) is 11.5 Å². The van der Waals surface area contributed by atoms with Crippen LogP contribution in [0.15, 0.2) is 18.2 Å². The minimum absolute atomic E-state index is 0.307. The zero-order valence-corrected chi connectivity index (χ0v) is 11.8. The summed E-state index contributed by atoms with van der Waals surface area (Å²) in [5.74, 6) is 2.21. The predicted molar refractivity (Wildman–Crippen MR) is 76.2 cm³/mol. The van der Waals surface area contributed by atoms with Crippen LogP contribution in [0.25, 0.3) is 0 Å². The van der Waals surface area contributed by atoms with Gasteiger partial charge in [0.25, 0.3) is 0 Å². The van der Waals surface area contributed by atoms with Crippen molar-refractivity contribution in [3.8, 4) is 11.5 Å². The molecular formula is C15H23NO3. The van der Waals surface area contributed by atoms with Crippen molar-refractivity contribution in [1.29, 1.82) is 0 Å². The molecule has 0 aromatic heterocycles. The van der Waals surface area contributed by atoms with Crippen molar-refractivity contribution in [3.05, 3.63) is 18.2 Å². The van der Waals surface area contributed by atoms with Crippen LogP contribution in [0.4, 0.5) is 5.69 Å². The summed E-state index contributed by atoms with van der Waals surface area (Å²) in [5.41, 5.74) is 1.18. The standard InChI is InChI=1S/C15H23NO3/c1-18-14-4-3-13(11-15(14)19-2)16-8-5-12(6-9-16)7-10-17/h3-4,11-12,17H,5-10H2,1-2H3. The molecule has 106 valence electrons. The second-order valence-electron chi connectivity index (χ2n) is 4.98. The van der Waals surface area contributed by atoms with E-state index in [2.05, 4.69) is 11.0 Å². The Bertz CT molecular complexity index is 400. The molecule has 1 aliphatic heterocycles. The van der Waals surface area contributed by atoms with Gasteiger partial charge in [0.05, 0.1) is 14.2 Å². The maximum absolute atomic E-state index is 8.98. The number of aliphatic hydroxyl groups excluding tert-OH is 1. The van der Waals surface area contributed by atoms with Gasteiger partial charge in [-0.15, -0.1) is 0 Å². The van der Waals surface area contributed by atoms with Crippen molar-refractivity contribution in [3.63, 3.8) is 0 Å². The maximum Gasteiger partial charge on any atom is 0.162 e. The minimum Gasteiger partial charge on any atom is -0.493 e. The van der Waals surface area contributed by atoms with Crippen molar-refractivity contribution >= 4 is 5.69 Å². The van der Waals surface area contributed by atoms with Crippen molar-refractivity contribution in [2.75, 3.05) is 38.8 Å². The molecule has 1 N–H and O–H groups in total. The van der Waals surface area contributed by atoms with Crippen LogP contribution in [-0.2, 0) is 0 Å². The highest BCUT2D eigenvalue weighted by molar-refractivity contribution is 5.56. The third kappa shape index (κ3) is 3.32. The van der Waals surface area contributed by atoms with Crippen LogP contribution in [-0.4, -0.2) is 39.0 Å². The fourth-order valence-electron chi connectivity index (χ4n) is 2.68. The molecule has 0 bridgehead atoms. The van der Waals surface area contributed by atoms with E-state index in [9.17, 15) is 0 Å². The van der Waals surface area contributed by atoms with E-state index in [0.717, 1.165) is 43.9 Å². The van der Waals surface area contributed by atoms with E-state index in [0.29, 0.717) is 12.5 Å². The van der Waals surface area contributed by atoms with E-state index in [1.807, 2.05) is 12.1 Å². The molecule has 0 spiro atoms. The summed E-state index contributed by atoms with van der Waals surface area (Å²) in [6.45, 7) is 2.39. The van der Waals surface area contributed by atoms with E-state index in [1.165, 1.54) is 5.69 Å². The molecule has 1 aromatic rings. The first-order valence-corrected chi connectivity index (χ1v) is 6.86. The lowest BCUT2D eigenvalue weighted by molar-refractivity contribution is 0.240. The molecule has 0 aliphatic carbocycles. The first-order chi connectivity index (χ1) is 9.28. The van der Waals surface area contributed by atoms with Crippen molar-refractivity contribution in [2.24, 2.45) is 5.92 Å². The number of hydrogen-bond acceptors (Lipinski definition) is 4. The Morgan fingerprint density at radius 3 is 2.42 bits per heavy atom. The molecule has 0 radical (unpaired) electrons. The van der Waals surface area contributed by atoms with Crippen molar-refractivity contribution < 1.29 is 14.6 Å². The number of aliphatic hydroxyl groups is 1. The van der Waals surface area contributed by atoms with Gasteiger partial charge in [-0.05, 0) is 37.3 Å². The van der Waals surface area contributed by atoms with Crippen LogP contribution in [0.1, 0.15) is 19.3 Å². The highest BCUT2D eigenvalue weighted by Crippen LogP contribution is 2.33. The summed E-state index contributed by atoms with van der Waals surface area (Å²) in [6.07, 6.45) is 3.23. The first-order valence-electron chi connectivity index (χ1n) is 6.86. The number of hydrogen-bond donors (Lipinski definition) is 1. The molecule has 1 aliphatic rings. The van der Waals surface area contributed by atoms with Crippen LogP contribution < -0.4 is 14.4 Å². The number of rotatable bonds is 5. The van der Waals surface area contributed by atoms with E-state index >= 15 is 0 Å². The summed E-state index contributed by atoms with van der Waals surface area (Å²) in [5, 5.41) is 8.98. The molecule has 2 rings (SSSR count). The molecule has 0 atom stereocenters. The Morgan fingerprint density at radius 1 is 1.16 bits per heavy atom. The SMILES string of the molecule is COc1ccc(N2CCC(CCO)CC2)cc1OC. The number of piperidine rings is 1. The van der Waals surface area contributed by atoms with E-state index in [4.69, 9.17) is 14.6 Å². The topological polar surface area (TPSA) is 41.9 Å². The molecule has 4 heteroatoms. The molecule has 0 unspecified atom stereocenters. The summed E-state index contributed by atoms with van der Waals surface area (Å²) >= 11 is 0. The molecule has 1 fully saturated rings. The smallest absolute Gasteiger partial charge is 0.162 e. The monoisotopic (exact) mass is 265 g/mol. The summed E-state index contributed by atoms with van der Waals surface area (Å²) < 4.78 is 10.6. The Morgan fingerprint density at radius 2 is 1.84 bits per heavy atom. The Balaban J connectivity index is 2.03. The Labute approximate surface area is 114 Å². The lowest BCUT2D eigenvalue weighted by Gasteiger charge is -2.33. The third-order valence-corrected chi connectivity index (χ3v) is 3.88. The van der Waals surface area contributed by atoms with Crippen LogP contribution >= 0.6 is 0 Å². The van der Waals surface area contributed by atoms with Crippen LogP contribution in [0.5, 0.6) is 11.5 Å². The Kier molecular flexibility index (Phi) is 4.91. The number of benzene rings is 1. The van der Waals surface area contributed by atoms with Gasteiger partial charge in [0, 0.05) is 31.5 Å². The largest absolute Gasteiger partial charge is 0.493 e. The summed E-state index contributed by atoms with van der Waals surface area (Å²) in [6, 6.07) is 6.06. The van der Waals surface area contributed by atoms with Gasteiger partial charge >= 0.3 is 0 Å². The molecular weight excluding hydrogens is 242 g/mol. The number of anilines is 1. The molecule has 0 saturated carbocycles. The van der Waals surface area contributed by atoms with Gasteiger partial charge in [-0.25, -0.2) is 0 Å². The second kappa shape index (κ2) is 6.66. The lowest BCUT2D eigenvalue weighted by Crippen LogP contribution is -2.33. The molecule has 4 nitrogen and oxygen atoms in total. The molecule has 19 heavy (non-hydrogen) atoms. The van der Waals surface area contributed by atoms with Gasteiger partial charge in [-0.3, -0.25) is 0 Å². The number of nitrogens with zero attached hydrogens (tertiary/aromatic N) is 1. The molecule has 0 amide bonds. The zero-order chi connectivity index (χ0) is 13.7. The van der Waals surface area contributed by atoms with Crippen LogP contribution in [0.2, 0.25) is 0 Å². The average molecular weight is 265 g/mol. The van der Waals surface area contributed by atoms with Gasteiger partial charge in [0.2, 0.25) is 0 Å². The normalized spacial score (nSPS) is 16.5. The fourth-order valence-corrected chi connectivity index (χ4v) is 2.68. The van der Waals surface area contributed by atoms with E-state index in [-0.39, 0.29) is 0 Å². The van der Waals surface area contributed by atoms with Crippen LogP contribution in [0.3, 0.4) is 0 Å². The highest BCUT2D eigenvalue weighted by Gasteiger charge is 2.19. The van der Waals surface area contributed by atoms with Gasteiger partial charge in [0.1, 0.15) is 0 Å². The van der Waals surface area contributed by atoms with E-state index in [1.54, 1.807) is 14.2 Å². The third-order valence-electron chi connectivity index (χ3n) is 3.88. The molecule has 1 heterocycles. The van der Waals surface area contributed by atoms with Gasteiger partial charge < -0.3 is 19.5 Å². The van der Waals surface area contributed by atoms with Crippen molar-refractivity contribution in [1.82, 2.24) is 0 Å². The zero-order valence-electron chi connectivity index (χ0n) is 11.8. The predicted octanol–water partition coefficient (Wildman–Crippen LogP) is 2.30. The first kappa shape index (κ1) is 14.0. The van der Waals surface area contributed by atoms with E-state index < -0.39 is 0 Å². The average Bonchev–Trinajstić information content (AvgIpc) is 2.47. The molecule has 1 aromatic carbocycles. The van der Waals surface area contributed by atoms with Crippen LogP contribution in [0, 0.1) is 5.92 Å². The Hall–Kier alpha value is -1.42. The summed E-state index contributed by atoms with van der Waals surface area (Å²) in [4.78, 5) is 2.37.